The van der Waals surface area contributed by atoms with E-state index in [1.165, 1.54) is 6.07 Å². The van der Waals surface area contributed by atoms with Gasteiger partial charge in [0.1, 0.15) is 5.82 Å². The van der Waals surface area contributed by atoms with Crippen molar-refractivity contribution in [3.63, 3.8) is 0 Å². The fourth-order valence-corrected chi connectivity index (χ4v) is 2.41. The molecule has 16 heavy (non-hydrogen) atoms. The first-order chi connectivity index (χ1) is 7.44. The second-order valence-corrected chi connectivity index (χ2v) is 5.34. The highest BCUT2D eigenvalue weighted by Crippen LogP contribution is 2.52. The van der Waals surface area contributed by atoms with Crippen LogP contribution in [0.25, 0.3) is 0 Å². The summed E-state index contributed by atoms with van der Waals surface area (Å²) in [5, 5.41) is 8.85. The third-order valence-electron chi connectivity index (χ3n) is 2.94. The van der Waals surface area contributed by atoms with E-state index in [2.05, 4.69) is 15.9 Å². The predicted molar refractivity (Wildman–Crippen MR) is 62.3 cm³/mol. The summed E-state index contributed by atoms with van der Waals surface area (Å²) < 4.78 is 13.9. The van der Waals surface area contributed by atoms with Gasteiger partial charge in [0.15, 0.2) is 0 Å². The van der Waals surface area contributed by atoms with Crippen LogP contribution in [0, 0.1) is 5.82 Å². The number of carboxylic acid groups (broad SMARTS) is 1. The van der Waals surface area contributed by atoms with Gasteiger partial charge in [-0.1, -0.05) is 11.6 Å². The van der Waals surface area contributed by atoms with E-state index in [1.54, 1.807) is 6.07 Å². The Morgan fingerprint density at radius 1 is 1.56 bits per heavy atom. The summed E-state index contributed by atoms with van der Waals surface area (Å²) in [6.45, 7) is 0. The summed E-state index contributed by atoms with van der Waals surface area (Å²) in [4.78, 5) is 10.7. The van der Waals surface area contributed by atoms with Crippen molar-refractivity contribution in [1.82, 2.24) is 0 Å². The molecule has 5 heteroatoms. The van der Waals surface area contributed by atoms with E-state index in [0.717, 1.165) is 12.8 Å². The van der Waals surface area contributed by atoms with E-state index in [1.807, 2.05) is 0 Å². The van der Waals surface area contributed by atoms with Crippen LogP contribution < -0.4 is 0 Å². The molecule has 1 aliphatic carbocycles. The molecule has 0 spiro atoms. The zero-order valence-corrected chi connectivity index (χ0v) is 10.6. The van der Waals surface area contributed by atoms with Crippen molar-refractivity contribution < 1.29 is 14.3 Å². The quantitative estimate of drug-likeness (QED) is 0.864. The van der Waals surface area contributed by atoms with Gasteiger partial charge < -0.3 is 5.11 Å². The van der Waals surface area contributed by atoms with E-state index in [-0.39, 0.29) is 16.9 Å². The van der Waals surface area contributed by atoms with Gasteiger partial charge in [-0.3, -0.25) is 4.79 Å². The molecule has 1 saturated carbocycles. The molecule has 0 aromatic heterocycles. The van der Waals surface area contributed by atoms with Crippen molar-refractivity contribution in [2.24, 2.45) is 0 Å². The number of rotatable bonds is 3. The van der Waals surface area contributed by atoms with Crippen LogP contribution in [-0.2, 0) is 10.2 Å². The summed E-state index contributed by atoms with van der Waals surface area (Å²) in [5.74, 6) is -1.37. The van der Waals surface area contributed by atoms with Gasteiger partial charge >= 0.3 is 5.97 Å². The Morgan fingerprint density at radius 2 is 2.19 bits per heavy atom. The molecule has 0 unspecified atom stereocenters. The van der Waals surface area contributed by atoms with E-state index < -0.39 is 11.8 Å². The topological polar surface area (TPSA) is 37.3 Å². The molecule has 0 bridgehead atoms. The summed E-state index contributed by atoms with van der Waals surface area (Å²) in [6.07, 6.45) is 1.61. The molecule has 1 aromatic carbocycles. The second-order valence-electron chi connectivity index (χ2n) is 4.10. The van der Waals surface area contributed by atoms with E-state index >= 15 is 0 Å². The summed E-state index contributed by atoms with van der Waals surface area (Å²) in [7, 11) is 0. The maximum Gasteiger partial charge on any atom is 0.304 e. The molecular weight excluding hydrogens is 298 g/mol. The number of carboxylic acids is 1. The number of halogens is 3. The van der Waals surface area contributed by atoms with E-state index in [4.69, 9.17) is 16.7 Å². The van der Waals surface area contributed by atoms with Crippen molar-refractivity contribution >= 4 is 33.5 Å². The number of benzene rings is 1. The van der Waals surface area contributed by atoms with Gasteiger partial charge in [-0.25, -0.2) is 4.39 Å². The highest BCUT2D eigenvalue weighted by molar-refractivity contribution is 9.10. The largest absolute Gasteiger partial charge is 0.481 e. The molecule has 0 radical (unpaired) electrons. The van der Waals surface area contributed by atoms with Gasteiger partial charge in [-0.05, 0) is 46.5 Å². The maximum atomic E-state index is 13.4. The van der Waals surface area contributed by atoms with Gasteiger partial charge in [0.25, 0.3) is 0 Å². The first kappa shape index (κ1) is 11.9. The van der Waals surface area contributed by atoms with Crippen molar-refractivity contribution in [2.75, 3.05) is 0 Å². The Balaban J connectivity index is 2.38. The van der Waals surface area contributed by atoms with Crippen LogP contribution in [0.5, 0.6) is 0 Å². The molecule has 1 aliphatic rings. The highest BCUT2D eigenvalue weighted by Gasteiger charge is 2.46. The average molecular weight is 308 g/mol. The van der Waals surface area contributed by atoms with Gasteiger partial charge in [-0.15, -0.1) is 0 Å². The van der Waals surface area contributed by atoms with Crippen LogP contribution in [0.15, 0.2) is 16.6 Å². The molecule has 2 nitrogen and oxygen atoms in total. The lowest BCUT2D eigenvalue weighted by Gasteiger charge is -2.14. The van der Waals surface area contributed by atoms with Gasteiger partial charge in [0.2, 0.25) is 0 Å². The number of hydrogen-bond donors (Lipinski definition) is 1. The molecule has 0 aliphatic heterocycles. The number of carbonyl (C=O) groups is 1. The van der Waals surface area contributed by atoms with Gasteiger partial charge in [0.05, 0.1) is 11.4 Å². The molecule has 0 saturated heterocycles. The molecule has 0 atom stereocenters. The molecule has 1 fully saturated rings. The summed E-state index contributed by atoms with van der Waals surface area (Å²) in [5.41, 5.74) is 0.323. The van der Waals surface area contributed by atoms with Crippen LogP contribution in [0.4, 0.5) is 4.39 Å². The Morgan fingerprint density at radius 3 is 2.62 bits per heavy atom. The fourth-order valence-electron chi connectivity index (χ4n) is 1.87. The third kappa shape index (κ3) is 2.09. The number of hydrogen-bond acceptors (Lipinski definition) is 1. The molecular formula is C11H9BrClFO2. The first-order valence-corrected chi connectivity index (χ1v) is 5.98. The lowest BCUT2D eigenvalue weighted by Crippen LogP contribution is -2.13. The predicted octanol–water partition coefficient (Wildman–Crippen LogP) is 3.75. The van der Waals surface area contributed by atoms with Crippen LogP contribution in [0.3, 0.4) is 0 Å². The molecule has 0 amide bonds. The zero-order chi connectivity index (χ0) is 11.9. The van der Waals surface area contributed by atoms with Crippen LogP contribution in [-0.4, -0.2) is 11.1 Å². The van der Waals surface area contributed by atoms with E-state index in [0.29, 0.717) is 10.0 Å². The minimum Gasteiger partial charge on any atom is -0.481 e. The zero-order valence-electron chi connectivity index (χ0n) is 8.27. The van der Waals surface area contributed by atoms with Gasteiger partial charge in [-0.2, -0.15) is 0 Å². The highest BCUT2D eigenvalue weighted by atomic mass is 79.9. The molecule has 86 valence electrons. The van der Waals surface area contributed by atoms with Crippen LogP contribution >= 0.6 is 27.5 Å². The molecule has 2 rings (SSSR count). The Kier molecular flexibility index (Phi) is 2.97. The SMILES string of the molecule is O=C(O)CC1(c2cc(F)c(Cl)c(Br)c2)CC1. The van der Waals surface area contributed by atoms with Crippen molar-refractivity contribution in [3.8, 4) is 0 Å². The lowest BCUT2D eigenvalue weighted by molar-refractivity contribution is -0.137. The smallest absolute Gasteiger partial charge is 0.304 e. The first-order valence-electron chi connectivity index (χ1n) is 4.81. The Hall–Kier alpha value is -0.610. The minimum absolute atomic E-state index is 0.0369. The minimum atomic E-state index is -0.857. The standard InChI is InChI=1S/C11H9BrClFO2/c12-7-3-6(4-8(14)10(7)13)11(1-2-11)5-9(15)16/h3-4H,1-2,5H2,(H,15,16). The van der Waals surface area contributed by atoms with E-state index in [9.17, 15) is 9.18 Å². The second kappa shape index (κ2) is 4.00. The maximum absolute atomic E-state index is 13.4. The third-order valence-corrected chi connectivity index (χ3v) is 4.18. The lowest BCUT2D eigenvalue weighted by atomic mass is 9.92. The fraction of sp³-hybridized carbons (Fsp3) is 0.364. The normalized spacial score (nSPS) is 17.2. The Bertz CT molecular complexity index is 434. The Labute approximate surface area is 106 Å². The molecule has 1 aromatic rings. The van der Waals surface area contributed by atoms with Gasteiger partial charge in [0, 0.05) is 9.89 Å². The van der Waals surface area contributed by atoms with Crippen molar-refractivity contribution in [1.29, 1.82) is 0 Å². The average Bonchev–Trinajstić information content (AvgIpc) is 2.93. The van der Waals surface area contributed by atoms with Crippen molar-refractivity contribution in [2.45, 2.75) is 24.7 Å². The molecule has 0 heterocycles. The molecule has 1 N–H and O–H groups in total. The summed E-state index contributed by atoms with van der Waals surface area (Å²) >= 11 is 8.85. The summed E-state index contributed by atoms with van der Waals surface area (Å²) in [6, 6.07) is 3.05. The van der Waals surface area contributed by atoms with Crippen molar-refractivity contribution in [3.05, 3.63) is 33.0 Å². The monoisotopic (exact) mass is 306 g/mol. The van der Waals surface area contributed by atoms with Crippen LogP contribution in [0.1, 0.15) is 24.8 Å². The number of aliphatic carboxylic acids is 1. The van der Waals surface area contributed by atoms with Crippen LogP contribution in [0.2, 0.25) is 5.02 Å².